The third-order valence-corrected chi connectivity index (χ3v) is 7.90. The van der Waals surface area contributed by atoms with E-state index in [0.717, 1.165) is 25.7 Å². The summed E-state index contributed by atoms with van der Waals surface area (Å²) in [6.07, 6.45) is 6.51. The Morgan fingerprint density at radius 3 is 1.98 bits per heavy atom. The summed E-state index contributed by atoms with van der Waals surface area (Å²) in [6.45, 7) is 0.431. The van der Waals surface area contributed by atoms with E-state index in [2.05, 4.69) is 10.00 Å². The summed E-state index contributed by atoms with van der Waals surface area (Å²) >= 11 is 0. The van der Waals surface area contributed by atoms with Crippen molar-refractivity contribution in [1.82, 2.24) is 14.7 Å². The van der Waals surface area contributed by atoms with Gasteiger partial charge in [0.25, 0.3) is 5.56 Å². The summed E-state index contributed by atoms with van der Waals surface area (Å²) in [7, 11) is 10.9. The molecule has 0 bridgehead atoms. The number of methoxy groups -OCH3 is 6. The van der Waals surface area contributed by atoms with Crippen LogP contribution >= 0.6 is 0 Å². The SMILES string of the molecule is COc1cc(C(=O)OC(CN(C)C2CCCCC2)Cn2ncc3c(OC)c(OC)c(OC)cc3c2=O)cc(OC)c1OC. The van der Waals surface area contributed by atoms with E-state index >= 15 is 0 Å². The molecule has 3 aromatic rings. The van der Waals surface area contributed by atoms with Crippen molar-refractivity contribution in [3.8, 4) is 34.5 Å². The lowest BCUT2D eigenvalue weighted by Gasteiger charge is -2.33. The van der Waals surface area contributed by atoms with Crippen molar-refractivity contribution in [2.24, 2.45) is 0 Å². The zero-order valence-electron chi connectivity index (χ0n) is 25.9. The van der Waals surface area contributed by atoms with Crippen LogP contribution in [0.25, 0.3) is 10.8 Å². The molecule has 12 nitrogen and oxygen atoms in total. The van der Waals surface area contributed by atoms with Gasteiger partial charge in [0.15, 0.2) is 23.0 Å². The molecule has 0 N–H and O–H groups in total. The van der Waals surface area contributed by atoms with Crippen molar-refractivity contribution in [2.45, 2.75) is 50.8 Å². The first-order valence-electron chi connectivity index (χ1n) is 14.2. The summed E-state index contributed by atoms with van der Waals surface area (Å²) < 4.78 is 40.1. The van der Waals surface area contributed by atoms with E-state index in [9.17, 15) is 9.59 Å². The molecule has 1 unspecified atom stereocenters. The molecule has 1 heterocycles. The van der Waals surface area contributed by atoms with Crippen LogP contribution in [0, 0.1) is 0 Å². The normalized spacial score (nSPS) is 14.3. The van der Waals surface area contributed by atoms with Crippen molar-refractivity contribution >= 4 is 16.7 Å². The Labute approximate surface area is 251 Å². The molecule has 43 heavy (non-hydrogen) atoms. The number of carbonyl (C=O) groups excluding carboxylic acids is 1. The molecule has 1 aromatic heterocycles. The highest BCUT2D eigenvalue weighted by Gasteiger charge is 2.27. The highest BCUT2D eigenvalue weighted by atomic mass is 16.6. The van der Waals surface area contributed by atoms with Crippen LogP contribution < -0.4 is 34.0 Å². The smallest absolute Gasteiger partial charge is 0.338 e. The largest absolute Gasteiger partial charge is 0.493 e. The monoisotopic (exact) mass is 599 g/mol. The maximum atomic E-state index is 13.7. The molecule has 0 radical (unpaired) electrons. The number of aromatic nitrogens is 2. The first kappa shape index (κ1) is 31.7. The Balaban J connectivity index is 1.70. The first-order chi connectivity index (χ1) is 20.8. The molecular weight excluding hydrogens is 558 g/mol. The highest BCUT2D eigenvalue weighted by molar-refractivity contribution is 5.92. The van der Waals surface area contributed by atoms with Crippen LogP contribution in [0.2, 0.25) is 0 Å². The molecule has 1 saturated carbocycles. The minimum Gasteiger partial charge on any atom is -0.493 e. The van der Waals surface area contributed by atoms with Crippen LogP contribution in [0.4, 0.5) is 0 Å². The van der Waals surface area contributed by atoms with E-state index in [1.165, 1.54) is 65.9 Å². The molecule has 4 rings (SSSR count). The summed E-state index contributed by atoms with van der Waals surface area (Å²) in [5.74, 6) is 1.49. The highest BCUT2D eigenvalue weighted by Crippen LogP contribution is 2.42. The number of fused-ring (bicyclic) bond motifs is 1. The second kappa shape index (κ2) is 14.3. The standard InChI is InChI=1S/C31H41N3O9/c1-33(20-11-9-8-10-12-20)17-21(43-31(36)19-13-24(37-2)28(41-6)25(14-19)38-3)18-34-30(35)22-15-26(39-4)29(42-7)27(40-5)23(22)16-32-34/h13-16,20-21H,8-12,17-18H2,1-7H3. The number of carbonyl (C=O) groups is 1. The molecule has 1 aliphatic carbocycles. The Kier molecular flexibility index (Phi) is 10.6. The van der Waals surface area contributed by atoms with Gasteiger partial charge in [0.2, 0.25) is 11.5 Å². The maximum absolute atomic E-state index is 13.7. The van der Waals surface area contributed by atoms with Gasteiger partial charge in [-0.25, -0.2) is 9.48 Å². The number of rotatable bonds is 13. The van der Waals surface area contributed by atoms with Gasteiger partial charge in [0.1, 0.15) is 6.10 Å². The Bertz CT molecular complexity index is 1460. The molecule has 1 fully saturated rings. The second-order valence-electron chi connectivity index (χ2n) is 10.4. The minimum atomic E-state index is -0.705. The second-order valence-corrected chi connectivity index (χ2v) is 10.4. The number of esters is 1. The maximum Gasteiger partial charge on any atom is 0.338 e. The van der Waals surface area contributed by atoms with E-state index in [4.69, 9.17) is 33.2 Å². The molecule has 234 valence electrons. The molecule has 1 atom stereocenters. The molecule has 0 aliphatic heterocycles. The molecule has 1 aliphatic rings. The van der Waals surface area contributed by atoms with E-state index in [1.807, 2.05) is 7.05 Å². The van der Waals surface area contributed by atoms with Gasteiger partial charge < -0.3 is 33.2 Å². The van der Waals surface area contributed by atoms with E-state index in [1.54, 1.807) is 12.3 Å². The number of hydrogen-bond acceptors (Lipinski definition) is 11. The minimum absolute atomic E-state index is 0.0264. The number of hydrogen-bond donors (Lipinski definition) is 0. The third-order valence-electron chi connectivity index (χ3n) is 7.90. The fraction of sp³-hybridized carbons (Fsp3) is 0.516. The van der Waals surface area contributed by atoms with Crippen molar-refractivity contribution in [2.75, 3.05) is 56.3 Å². The van der Waals surface area contributed by atoms with Crippen molar-refractivity contribution in [3.63, 3.8) is 0 Å². The predicted octanol–water partition coefficient (Wildman–Crippen LogP) is 3.94. The fourth-order valence-electron chi connectivity index (χ4n) is 5.67. The lowest BCUT2D eigenvalue weighted by molar-refractivity contribution is 0.0105. The van der Waals surface area contributed by atoms with Gasteiger partial charge in [-0.3, -0.25) is 9.69 Å². The Hall–Kier alpha value is -4.19. The summed E-state index contributed by atoms with van der Waals surface area (Å²) in [4.78, 5) is 29.5. The molecule has 0 spiro atoms. The van der Waals surface area contributed by atoms with Crippen molar-refractivity contribution in [3.05, 3.63) is 40.3 Å². The van der Waals surface area contributed by atoms with Gasteiger partial charge in [-0.15, -0.1) is 0 Å². The van der Waals surface area contributed by atoms with Crippen LogP contribution in [0.3, 0.4) is 0 Å². The Morgan fingerprint density at radius 2 is 1.42 bits per heavy atom. The van der Waals surface area contributed by atoms with Gasteiger partial charge in [0, 0.05) is 12.6 Å². The third kappa shape index (κ3) is 6.74. The zero-order valence-corrected chi connectivity index (χ0v) is 25.9. The first-order valence-corrected chi connectivity index (χ1v) is 14.2. The van der Waals surface area contributed by atoms with Gasteiger partial charge in [-0.2, -0.15) is 5.10 Å². The number of nitrogens with zero attached hydrogens (tertiary/aromatic N) is 3. The quantitative estimate of drug-likeness (QED) is 0.266. The zero-order chi connectivity index (χ0) is 31.1. The predicted molar refractivity (Wildman–Crippen MR) is 160 cm³/mol. The average Bonchev–Trinajstić information content (AvgIpc) is 3.04. The summed E-state index contributed by atoms with van der Waals surface area (Å²) in [5.41, 5.74) is -0.161. The molecule has 0 amide bonds. The topological polar surface area (TPSA) is 120 Å². The number of benzene rings is 2. The van der Waals surface area contributed by atoms with Crippen molar-refractivity contribution < 1.29 is 38.0 Å². The van der Waals surface area contributed by atoms with Gasteiger partial charge in [0.05, 0.1) is 71.7 Å². The summed E-state index contributed by atoms with van der Waals surface area (Å²) in [6, 6.07) is 5.04. The van der Waals surface area contributed by atoms with Crippen molar-refractivity contribution in [1.29, 1.82) is 0 Å². The molecule has 12 heteroatoms. The van der Waals surface area contributed by atoms with E-state index in [0.29, 0.717) is 57.9 Å². The van der Waals surface area contributed by atoms with Crippen LogP contribution in [0.1, 0.15) is 42.5 Å². The summed E-state index contributed by atoms with van der Waals surface area (Å²) in [5, 5.41) is 5.24. The van der Waals surface area contributed by atoms with Gasteiger partial charge in [-0.1, -0.05) is 19.3 Å². The van der Waals surface area contributed by atoms with Crippen LogP contribution in [0.5, 0.6) is 34.5 Å². The average molecular weight is 600 g/mol. The lowest BCUT2D eigenvalue weighted by Crippen LogP contribution is -2.43. The molecule has 2 aromatic carbocycles. The van der Waals surface area contributed by atoms with Crippen LogP contribution in [-0.2, 0) is 11.3 Å². The van der Waals surface area contributed by atoms with E-state index < -0.39 is 12.1 Å². The lowest BCUT2D eigenvalue weighted by atomic mass is 9.94. The Morgan fingerprint density at radius 1 is 0.837 bits per heavy atom. The van der Waals surface area contributed by atoms with E-state index in [-0.39, 0.29) is 17.7 Å². The van der Waals surface area contributed by atoms with Gasteiger partial charge in [-0.05, 0) is 38.1 Å². The molecular formula is C31H41N3O9. The van der Waals surface area contributed by atoms with Gasteiger partial charge >= 0.3 is 5.97 Å². The number of likely N-dealkylation sites (N-methyl/N-ethyl adjacent to an activating group) is 1. The fourth-order valence-corrected chi connectivity index (χ4v) is 5.67. The van der Waals surface area contributed by atoms with Crippen LogP contribution in [-0.4, -0.2) is 89.0 Å². The van der Waals surface area contributed by atoms with Crippen LogP contribution in [0.15, 0.2) is 29.2 Å². The number of ether oxygens (including phenoxy) is 7. The molecule has 0 saturated heterocycles.